The summed E-state index contributed by atoms with van der Waals surface area (Å²) in [5.41, 5.74) is 2.26. The van der Waals surface area contributed by atoms with Crippen molar-refractivity contribution >= 4 is 22.7 Å². The fourth-order valence-electron chi connectivity index (χ4n) is 4.26. The van der Waals surface area contributed by atoms with Crippen LogP contribution in [0, 0.1) is 11.7 Å². The second-order valence-corrected chi connectivity index (χ2v) is 8.01. The van der Waals surface area contributed by atoms with Crippen LogP contribution in [0.4, 0.5) is 4.39 Å². The molecule has 2 amide bonds. The molecule has 2 atom stereocenters. The molecule has 0 spiro atoms. The number of nitrogens with zero attached hydrogens (tertiary/aromatic N) is 3. The second-order valence-electron chi connectivity index (χ2n) is 8.01. The van der Waals surface area contributed by atoms with Crippen molar-refractivity contribution in [3.63, 3.8) is 0 Å². The Morgan fingerprint density at radius 1 is 0.867 bits per heavy atom. The van der Waals surface area contributed by atoms with Gasteiger partial charge in [-0.2, -0.15) is 0 Å². The van der Waals surface area contributed by atoms with E-state index in [1.165, 1.54) is 12.1 Å². The summed E-state index contributed by atoms with van der Waals surface area (Å²) >= 11 is 0. The zero-order valence-corrected chi connectivity index (χ0v) is 16.5. The summed E-state index contributed by atoms with van der Waals surface area (Å²) in [6.45, 7) is 2.08. The van der Waals surface area contributed by atoms with Crippen molar-refractivity contribution in [2.45, 2.75) is 12.3 Å². The quantitative estimate of drug-likeness (QED) is 0.673. The number of rotatable bonds is 3. The van der Waals surface area contributed by atoms with Crippen molar-refractivity contribution in [1.82, 2.24) is 14.8 Å². The van der Waals surface area contributed by atoms with Gasteiger partial charge in [-0.1, -0.05) is 36.4 Å². The SMILES string of the molecule is O=C(c1ccc2ccccc2n1)N1CCN(C(=O)C2CC2c2ccc(F)cc2)CC1. The van der Waals surface area contributed by atoms with E-state index in [2.05, 4.69) is 4.98 Å². The van der Waals surface area contributed by atoms with Crippen LogP contribution in [0.25, 0.3) is 10.9 Å². The van der Waals surface area contributed by atoms with Crippen molar-refractivity contribution in [1.29, 1.82) is 0 Å². The molecule has 1 saturated heterocycles. The smallest absolute Gasteiger partial charge is 0.272 e. The first-order valence-electron chi connectivity index (χ1n) is 10.3. The van der Waals surface area contributed by atoms with Gasteiger partial charge in [0.05, 0.1) is 5.52 Å². The molecular formula is C24H22FN3O2. The lowest BCUT2D eigenvalue weighted by Gasteiger charge is -2.34. The Bertz CT molecular complexity index is 1110. The van der Waals surface area contributed by atoms with Crippen LogP contribution in [0.1, 0.15) is 28.4 Å². The number of hydrogen-bond donors (Lipinski definition) is 0. The van der Waals surface area contributed by atoms with Crippen LogP contribution < -0.4 is 0 Å². The lowest BCUT2D eigenvalue weighted by Crippen LogP contribution is -2.51. The number of piperazine rings is 1. The molecule has 30 heavy (non-hydrogen) atoms. The van der Waals surface area contributed by atoms with Gasteiger partial charge in [-0.3, -0.25) is 9.59 Å². The number of hydrogen-bond acceptors (Lipinski definition) is 3. The first-order chi connectivity index (χ1) is 14.6. The Kier molecular flexibility index (Phi) is 4.69. The molecule has 2 aliphatic rings. The van der Waals surface area contributed by atoms with Crippen LogP contribution in [-0.4, -0.2) is 52.8 Å². The van der Waals surface area contributed by atoms with E-state index in [1.54, 1.807) is 23.1 Å². The van der Waals surface area contributed by atoms with Crippen molar-refractivity contribution in [3.05, 3.63) is 77.7 Å². The van der Waals surface area contributed by atoms with Crippen LogP contribution in [0.5, 0.6) is 0 Å². The number of fused-ring (bicyclic) bond motifs is 1. The van der Waals surface area contributed by atoms with Crippen molar-refractivity contribution in [3.8, 4) is 0 Å². The van der Waals surface area contributed by atoms with Gasteiger partial charge in [0.1, 0.15) is 11.5 Å². The molecule has 152 valence electrons. The van der Waals surface area contributed by atoms with Crippen molar-refractivity contribution in [2.24, 2.45) is 5.92 Å². The molecule has 6 heteroatoms. The summed E-state index contributed by atoms with van der Waals surface area (Å²) in [6.07, 6.45) is 0.810. The number of halogens is 1. The summed E-state index contributed by atoms with van der Waals surface area (Å²) in [5.74, 6) is -0.0629. The highest BCUT2D eigenvalue weighted by atomic mass is 19.1. The van der Waals surface area contributed by atoms with Crippen LogP contribution in [0.15, 0.2) is 60.7 Å². The van der Waals surface area contributed by atoms with Gasteiger partial charge in [-0.05, 0) is 42.2 Å². The van der Waals surface area contributed by atoms with E-state index in [1.807, 2.05) is 35.2 Å². The molecule has 0 bridgehead atoms. The third-order valence-corrected chi connectivity index (χ3v) is 6.10. The lowest BCUT2D eigenvalue weighted by molar-refractivity contribution is -0.134. The standard InChI is InChI=1S/C24H22FN3O2/c25-18-8-5-16(6-9-18)19-15-20(19)23(29)27-11-13-28(14-12-27)24(30)22-10-7-17-3-1-2-4-21(17)26-22/h1-10,19-20H,11-15H2. The van der Waals surface area contributed by atoms with E-state index in [0.29, 0.717) is 31.9 Å². The minimum atomic E-state index is -0.260. The van der Waals surface area contributed by atoms with Gasteiger partial charge < -0.3 is 9.80 Å². The fourth-order valence-corrected chi connectivity index (χ4v) is 4.26. The number of aromatic nitrogens is 1. The number of carbonyl (C=O) groups is 2. The predicted molar refractivity (Wildman–Crippen MR) is 111 cm³/mol. The van der Waals surface area contributed by atoms with Gasteiger partial charge in [0.15, 0.2) is 0 Å². The molecule has 2 aromatic carbocycles. The zero-order valence-electron chi connectivity index (χ0n) is 16.5. The van der Waals surface area contributed by atoms with Gasteiger partial charge in [-0.25, -0.2) is 9.37 Å². The lowest BCUT2D eigenvalue weighted by atomic mass is 10.1. The van der Waals surface area contributed by atoms with Gasteiger partial charge in [0.2, 0.25) is 5.91 Å². The van der Waals surface area contributed by atoms with Crippen molar-refractivity contribution in [2.75, 3.05) is 26.2 Å². The molecule has 1 aliphatic heterocycles. The van der Waals surface area contributed by atoms with E-state index in [9.17, 15) is 14.0 Å². The molecule has 1 aliphatic carbocycles. The summed E-state index contributed by atoms with van der Waals surface area (Å²) < 4.78 is 13.1. The second kappa shape index (κ2) is 7.52. The third-order valence-electron chi connectivity index (χ3n) is 6.10. The molecule has 2 heterocycles. The van der Waals surface area contributed by atoms with Crippen LogP contribution >= 0.6 is 0 Å². The zero-order chi connectivity index (χ0) is 20.7. The van der Waals surface area contributed by atoms with Gasteiger partial charge in [-0.15, -0.1) is 0 Å². The maximum absolute atomic E-state index is 13.1. The number of benzene rings is 2. The Hall–Kier alpha value is -3.28. The highest BCUT2D eigenvalue weighted by molar-refractivity contribution is 5.95. The number of pyridine rings is 1. The molecule has 0 radical (unpaired) electrons. The summed E-state index contributed by atoms with van der Waals surface area (Å²) in [7, 11) is 0. The van der Waals surface area contributed by atoms with E-state index < -0.39 is 0 Å². The molecule has 2 fully saturated rings. The van der Waals surface area contributed by atoms with Crippen molar-refractivity contribution < 1.29 is 14.0 Å². The first kappa shape index (κ1) is 18.7. The van der Waals surface area contributed by atoms with Gasteiger partial charge >= 0.3 is 0 Å². The number of amides is 2. The fraction of sp³-hybridized carbons (Fsp3) is 0.292. The Balaban J connectivity index is 1.19. The van der Waals surface area contributed by atoms with Crippen LogP contribution in [0.3, 0.4) is 0 Å². The molecule has 5 rings (SSSR count). The molecule has 1 saturated carbocycles. The summed E-state index contributed by atoms with van der Waals surface area (Å²) in [5, 5.41) is 1.00. The van der Waals surface area contributed by atoms with E-state index >= 15 is 0 Å². The molecule has 5 nitrogen and oxygen atoms in total. The van der Waals surface area contributed by atoms with E-state index in [-0.39, 0.29) is 29.5 Å². The molecule has 0 N–H and O–H groups in total. The normalized spacial score (nSPS) is 21.0. The average Bonchev–Trinajstić information content (AvgIpc) is 3.59. The van der Waals surface area contributed by atoms with Gasteiger partial charge in [0, 0.05) is 37.5 Å². The largest absolute Gasteiger partial charge is 0.339 e. The maximum Gasteiger partial charge on any atom is 0.272 e. The first-order valence-corrected chi connectivity index (χ1v) is 10.3. The minimum Gasteiger partial charge on any atom is -0.339 e. The highest BCUT2D eigenvalue weighted by Crippen LogP contribution is 2.48. The van der Waals surface area contributed by atoms with Crippen LogP contribution in [0.2, 0.25) is 0 Å². The molecule has 3 aromatic rings. The average molecular weight is 403 g/mol. The van der Waals surface area contributed by atoms with Gasteiger partial charge in [0.25, 0.3) is 5.91 Å². The molecular weight excluding hydrogens is 381 g/mol. The maximum atomic E-state index is 13.1. The number of carbonyl (C=O) groups excluding carboxylic acids is 2. The molecule has 2 unspecified atom stereocenters. The van der Waals surface area contributed by atoms with E-state index in [4.69, 9.17) is 0 Å². The topological polar surface area (TPSA) is 53.5 Å². The predicted octanol–water partition coefficient (Wildman–Crippen LogP) is 3.46. The Morgan fingerprint density at radius 2 is 1.57 bits per heavy atom. The number of para-hydroxylation sites is 1. The summed E-state index contributed by atoms with van der Waals surface area (Å²) in [6, 6.07) is 17.8. The highest BCUT2D eigenvalue weighted by Gasteiger charge is 2.46. The monoisotopic (exact) mass is 403 g/mol. The Labute approximate surface area is 174 Å². The minimum absolute atomic E-state index is 0.0279. The molecule has 1 aromatic heterocycles. The van der Waals surface area contributed by atoms with Crippen LogP contribution in [-0.2, 0) is 4.79 Å². The third kappa shape index (κ3) is 3.54. The summed E-state index contributed by atoms with van der Waals surface area (Å²) in [4.78, 5) is 33.8. The van der Waals surface area contributed by atoms with E-state index in [0.717, 1.165) is 22.9 Å². The Morgan fingerprint density at radius 3 is 2.33 bits per heavy atom.